The molecular weight excluding hydrogens is 266 g/mol. The highest BCUT2D eigenvalue weighted by atomic mass is 16.6. The van der Waals surface area contributed by atoms with Gasteiger partial charge in [-0.1, -0.05) is 12.1 Å². The molecule has 1 atom stereocenters. The van der Waals surface area contributed by atoms with E-state index < -0.39 is 29.4 Å². The minimum Gasteiger partial charge on any atom is -0.394 e. The molecule has 0 aliphatic carbocycles. The van der Waals surface area contributed by atoms with Gasteiger partial charge in [0.15, 0.2) is 0 Å². The average molecular weight is 281 g/mol. The molecule has 1 rings (SSSR count). The van der Waals surface area contributed by atoms with Crippen LogP contribution in [-0.4, -0.2) is 34.5 Å². The Morgan fingerprint density at radius 3 is 2.40 bits per heavy atom. The smallest absolute Gasteiger partial charge is 0.269 e. The molecule has 0 saturated carbocycles. The molecule has 3 N–H and O–H groups in total. The van der Waals surface area contributed by atoms with E-state index in [1.807, 2.05) is 0 Å². The first kappa shape index (κ1) is 15.6. The number of benzene rings is 1. The van der Waals surface area contributed by atoms with Crippen molar-refractivity contribution in [1.29, 1.82) is 0 Å². The van der Waals surface area contributed by atoms with Gasteiger partial charge in [0.05, 0.1) is 11.5 Å². The molecule has 8 heteroatoms. The Labute approximate surface area is 114 Å². The van der Waals surface area contributed by atoms with Gasteiger partial charge in [-0.2, -0.15) is 0 Å². The zero-order chi connectivity index (χ0) is 15.1. The summed E-state index contributed by atoms with van der Waals surface area (Å²) in [6.07, 6.45) is 0. The molecule has 0 saturated heterocycles. The summed E-state index contributed by atoms with van der Waals surface area (Å²) in [5.74, 6) is -0.949. The predicted molar refractivity (Wildman–Crippen MR) is 69.6 cm³/mol. The van der Waals surface area contributed by atoms with Gasteiger partial charge in [0.1, 0.15) is 6.04 Å². The third kappa shape index (κ3) is 4.65. The van der Waals surface area contributed by atoms with Crippen LogP contribution in [0.3, 0.4) is 0 Å². The molecule has 1 aromatic carbocycles. The maximum Gasteiger partial charge on any atom is 0.269 e. The van der Waals surface area contributed by atoms with Crippen molar-refractivity contribution in [3.05, 3.63) is 39.9 Å². The third-order valence-corrected chi connectivity index (χ3v) is 2.49. The van der Waals surface area contributed by atoms with Crippen LogP contribution in [0.2, 0.25) is 0 Å². The minimum absolute atomic E-state index is 0.0356. The molecule has 0 unspecified atom stereocenters. The summed E-state index contributed by atoms with van der Waals surface area (Å²) in [6, 6.07) is 4.69. The molecule has 0 aliphatic rings. The van der Waals surface area contributed by atoms with E-state index in [2.05, 4.69) is 10.6 Å². The Kier molecular flexibility index (Phi) is 5.60. The van der Waals surface area contributed by atoms with Gasteiger partial charge >= 0.3 is 0 Å². The molecule has 0 heterocycles. The number of nitrogens with one attached hydrogen (secondary N) is 2. The number of nitro groups is 1. The normalized spacial score (nSPS) is 11.5. The van der Waals surface area contributed by atoms with Gasteiger partial charge in [-0.15, -0.1) is 0 Å². The number of amides is 2. The number of aliphatic hydroxyl groups excluding tert-OH is 1. The number of hydrogen-bond acceptors (Lipinski definition) is 5. The summed E-state index contributed by atoms with van der Waals surface area (Å²) in [5.41, 5.74) is 0.634. The fourth-order valence-electron chi connectivity index (χ4n) is 1.49. The quantitative estimate of drug-likeness (QED) is 0.488. The molecule has 8 nitrogen and oxygen atoms in total. The van der Waals surface area contributed by atoms with E-state index >= 15 is 0 Å². The third-order valence-electron chi connectivity index (χ3n) is 2.49. The van der Waals surface area contributed by atoms with Crippen LogP contribution in [0.5, 0.6) is 0 Å². The lowest BCUT2D eigenvalue weighted by atomic mass is 10.2. The van der Waals surface area contributed by atoms with Crippen LogP contribution in [0.1, 0.15) is 12.5 Å². The standard InChI is InChI=1S/C12H15N3O5/c1-8(17)14-11(7-16)12(18)13-6-9-2-4-10(5-3-9)15(19)20/h2-5,11,16H,6-7H2,1H3,(H,13,18)(H,14,17)/t11-/m1/s1. The van der Waals surface area contributed by atoms with E-state index in [0.717, 1.165) is 0 Å². The number of non-ortho nitro benzene ring substituents is 1. The molecule has 2 amide bonds. The van der Waals surface area contributed by atoms with Crippen molar-refractivity contribution in [2.45, 2.75) is 19.5 Å². The van der Waals surface area contributed by atoms with Gasteiger partial charge in [-0.3, -0.25) is 19.7 Å². The average Bonchev–Trinajstić information content (AvgIpc) is 2.42. The van der Waals surface area contributed by atoms with Gasteiger partial charge in [0.2, 0.25) is 11.8 Å². The maximum absolute atomic E-state index is 11.7. The lowest BCUT2D eigenvalue weighted by molar-refractivity contribution is -0.384. The summed E-state index contributed by atoms with van der Waals surface area (Å²) in [4.78, 5) is 32.5. The highest BCUT2D eigenvalue weighted by molar-refractivity contribution is 5.86. The van der Waals surface area contributed by atoms with Gasteiger partial charge in [-0.05, 0) is 5.56 Å². The van der Waals surface area contributed by atoms with Crippen molar-refractivity contribution in [2.75, 3.05) is 6.61 Å². The van der Waals surface area contributed by atoms with Gasteiger partial charge < -0.3 is 15.7 Å². The van der Waals surface area contributed by atoms with E-state index in [9.17, 15) is 19.7 Å². The van der Waals surface area contributed by atoms with Crippen LogP contribution in [0, 0.1) is 10.1 Å². The first-order chi connectivity index (χ1) is 9.43. The Morgan fingerprint density at radius 2 is 1.95 bits per heavy atom. The van der Waals surface area contributed by atoms with Crippen LogP contribution < -0.4 is 10.6 Å². The van der Waals surface area contributed by atoms with Crippen molar-refractivity contribution in [3.8, 4) is 0 Å². The Bertz CT molecular complexity index is 500. The summed E-state index contributed by atoms with van der Waals surface area (Å²) in [6.45, 7) is 0.880. The number of carbonyl (C=O) groups is 2. The van der Waals surface area contributed by atoms with Crippen molar-refractivity contribution in [1.82, 2.24) is 10.6 Å². The fourth-order valence-corrected chi connectivity index (χ4v) is 1.49. The second-order valence-electron chi connectivity index (χ2n) is 4.08. The SMILES string of the molecule is CC(=O)N[C@H](CO)C(=O)NCc1ccc([N+](=O)[O-])cc1. The molecule has 0 spiro atoms. The number of rotatable bonds is 6. The molecule has 0 aliphatic heterocycles. The molecular formula is C12H15N3O5. The van der Waals surface area contributed by atoms with Crippen LogP contribution in [-0.2, 0) is 16.1 Å². The number of hydrogen-bond donors (Lipinski definition) is 3. The minimum atomic E-state index is -1.01. The lowest BCUT2D eigenvalue weighted by Gasteiger charge is -2.14. The summed E-state index contributed by atoms with van der Waals surface area (Å²) < 4.78 is 0. The van der Waals surface area contributed by atoms with Crippen molar-refractivity contribution in [3.63, 3.8) is 0 Å². The Morgan fingerprint density at radius 1 is 1.35 bits per heavy atom. The first-order valence-electron chi connectivity index (χ1n) is 5.83. The Hall–Kier alpha value is -2.48. The van der Waals surface area contributed by atoms with Crippen LogP contribution in [0.15, 0.2) is 24.3 Å². The van der Waals surface area contributed by atoms with E-state index in [4.69, 9.17) is 5.11 Å². The van der Waals surface area contributed by atoms with E-state index in [1.165, 1.54) is 31.2 Å². The van der Waals surface area contributed by atoms with Gasteiger partial charge in [-0.25, -0.2) is 0 Å². The van der Waals surface area contributed by atoms with Crippen molar-refractivity contribution >= 4 is 17.5 Å². The molecule has 0 bridgehead atoms. The topological polar surface area (TPSA) is 122 Å². The summed E-state index contributed by atoms with van der Waals surface area (Å²) in [7, 11) is 0. The van der Waals surface area contributed by atoms with Crippen LogP contribution in [0.25, 0.3) is 0 Å². The fraction of sp³-hybridized carbons (Fsp3) is 0.333. The first-order valence-corrected chi connectivity index (χ1v) is 5.83. The van der Waals surface area contributed by atoms with Crippen LogP contribution >= 0.6 is 0 Å². The molecule has 108 valence electrons. The molecule has 0 fully saturated rings. The Balaban J connectivity index is 2.55. The molecule has 1 aromatic rings. The number of aliphatic hydroxyl groups is 1. The van der Waals surface area contributed by atoms with Gasteiger partial charge in [0, 0.05) is 25.6 Å². The zero-order valence-corrected chi connectivity index (χ0v) is 10.8. The van der Waals surface area contributed by atoms with Crippen molar-refractivity contribution < 1.29 is 19.6 Å². The maximum atomic E-state index is 11.7. The molecule has 0 aromatic heterocycles. The molecule has 20 heavy (non-hydrogen) atoms. The van der Waals surface area contributed by atoms with E-state index in [-0.39, 0.29) is 12.2 Å². The molecule has 0 radical (unpaired) electrons. The van der Waals surface area contributed by atoms with Gasteiger partial charge in [0.25, 0.3) is 5.69 Å². The number of nitrogens with zero attached hydrogens (tertiary/aromatic N) is 1. The van der Waals surface area contributed by atoms with E-state index in [1.54, 1.807) is 0 Å². The van der Waals surface area contributed by atoms with Crippen LogP contribution in [0.4, 0.5) is 5.69 Å². The highest BCUT2D eigenvalue weighted by Crippen LogP contribution is 2.11. The van der Waals surface area contributed by atoms with E-state index in [0.29, 0.717) is 5.56 Å². The number of carbonyl (C=O) groups excluding carboxylic acids is 2. The monoisotopic (exact) mass is 281 g/mol. The lowest BCUT2D eigenvalue weighted by Crippen LogP contribution is -2.48. The highest BCUT2D eigenvalue weighted by Gasteiger charge is 2.17. The summed E-state index contributed by atoms with van der Waals surface area (Å²) in [5, 5.41) is 24.3. The van der Waals surface area contributed by atoms with Crippen molar-refractivity contribution in [2.24, 2.45) is 0 Å². The second-order valence-corrected chi connectivity index (χ2v) is 4.08. The predicted octanol–water partition coefficient (Wildman–Crippen LogP) is -0.292. The summed E-state index contributed by atoms with van der Waals surface area (Å²) >= 11 is 0. The largest absolute Gasteiger partial charge is 0.394 e. The zero-order valence-electron chi connectivity index (χ0n) is 10.8. The second kappa shape index (κ2) is 7.19. The number of nitro benzene ring substituents is 1.